The molecule has 0 heterocycles. The Morgan fingerprint density at radius 3 is 0.906 bits per heavy atom. The van der Waals surface area contributed by atoms with Crippen LogP contribution in [0, 0.1) is 0 Å². The summed E-state index contributed by atoms with van der Waals surface area (Å²) in [5.74, 6) is -0.938. The number of aromatic hydroxyl groups is 2. The van der Waals surface area contributed by atoms with E-state index in [1.807, 2.05) is 0 Å². The number of phenols is 2. The van der Waals surface area contributed by atoms with Gasteiger partial charge in [-0.15, -0.1) is 0 Å². The van der Waals surface area contributed by atoms with Crippen LogP contribution in [-0.2, 0) is 9.84 Å². The van der Waals surface area contributed by atoms with Gasteiger partial charge in [-0.3, -0.25) is 0 Å². The van der Waals surface area contributed by atoms with Gasteiger partial charge < -0.3 is 38.6 Å². The average molecular weight is 767 g/mol. The Morgan fingerprint density at radius 1 is 0.396 bits per heavy atom. The lowest BCUT2D eigenvalue weighted by Gasteiger charge is -2.23. The van der Waals surface area contributed by atoms with Gasteiger partial charge in [-0.05, 0) is 38.5 Å². The second-order valence-corrected chi connectivity index (χ2v) is 15.5. The van der Waals surface area contributed by atoms with Crippen molar-refractivity contribution in [2.75, 3.05) is 39.6 Å². The van der Waals surface area contributed by atoms with Crippen molar-refractivity contribution in [1.29, 1.82) is 0 Å². The predicted octanol–water partition coefficient (Wildman–Crippen LogP) is 11.3. The van der Waals surface area contributed by atoms with E-state index < -0.39 is 9.84 Å². The molecule has 0 aliphatic rings. The zero-order valence-electron chi connectivity index (χ0n) is 33.7. The lowest BCUT2D eigenvalue weighted by atomic mass is 10.2. The predicted molar refractivity (Wildman–Crippen MR) is 212 cm³/mol. The van der Waals surface area contributed by atoms with Crippen molar-refractivity contribution < 1.29 is 47.1 Å². The van der Waals surface area contributed by atoms with Crippen LogP contribution in [0.3, 0.4) is 0 Å². The van der Waals surface area contributed by atoms with Gasteiger partial charge in [0, 0.05) is 12.1 Å². The Labute approximate surface area is 320 Å². The minimum atomic E-state index is -4.54. The fraction of sp³-hybridized carbons (Fsp3) is 0.714. The summed E-state index contributed by atoms with van der Waals surface area (Å²) in [5.41, 5.74) is 0. The zero-order valence-corrected chi connectivity index (χ0v) is 34.5. The van der Waals surface area contributed by atoms with Gasteiger partial charge in [-0.1, -0.05) is 119 Å². The number of ether oxygens (including phenoxy) is 6. The van der Waals surface area contributed by atoms with Crippen LogP contribution < -0.4 is 28.4 Å². The highest BCUT2D eigenvalue weighted by Crippen LogP contribution is 2.53. The van der Waals surface area contributed by atoms with Gasteiger partial charge in [0.1, 0.15) is 9.79 Å². The smallest absolute Gasteiger partial charge is 0.214 e. The molecule has 2 rings (SSSR count). The third-order valence-electron chi connectivity index (χ3n) is 8.85. The summed E-state index contributed by atoms with van der Waals surface area (Å²) in [6.07, 6.45) is 15.4. The van der Waals surface area contributed by atoms with Crippen molar-refractivity contribution in [3.8, 4) is 46.0 Å². The van der Waals surface area contributed by atoms with E-state index in [2.05, 4.69) is 41.5 Å². The van der Waals surface area contributed by atoms with Crippen molar-refractivity contribution in [2.24, 2.45) is 0 Å². The summed E-state index contributed by atoms with van der Waals surface area (Å²) in [4.78, 5) is -0.471. The monoisotopic (exact) mass is 766 g/mol. The number of hydrogen-bond acceptors (Lipinski definition) is 10. The van der Waals surface area contributed by atoms with Gasteiger partial charge in [-0.2, -0.15) is 0 Å². The van der Waals surface area contributed by atoms with Crippen LogP contribution >= 0.6 is 0 Å². The number of hydrogen-bond donors (Lipinski definition) is 2. The number of unbranched alkanes of at least 4 members (excludes halogenated alkanes) is 12. The number of benzene rings is 2. The SMILES string of the molecule is CCCCCOc1cc(S(=O)(=O)c2cc(OCCCCC)c(O)c(OCCCCC)c2OCCCCC)c(OCCCCC)c(OCCCCC)c1O. The molecule has 53 heavy (non-hydrogen) atoms. The molecule has 2 N–H and O–H groups in total. The molecule has 0 fully saturated rings. The van der Waals surface area contributed by atoms with Gasteiger partial charge in [-0.25, -0.2) is 8.42 Å². The van der Waals surface area contributed by atoms with E-state index in [1.54, 1.807) is 0 Å². The molecule has 0 amide bonds. The first-order valence-electron chi connectivity index (χ1n) is 20.5. The molecule has 2 aromatic rings. The van der Waals surface area contributed by atoms with Crippen LogP contribution in [0.1, 0.15) is 157 Å². The van der Waals surface area contributed by atoms with Gasteiger partial charge in [0.25, 0.3) is 0 Å². The molecule has 0 bridgehead atoms. The lowest BCUT2D eigenvalue weighted by Crippen LogP contribution is -2.13. The minimum Gasteiger partial charge on any atom is -0.502 e. The highest BCUT2D eigenvalue weighted by molar-refractivity contribution is 7.91. The third-order valence-corrected chi connectivity index (χ3v) is 10.6. The van der Waals surface area contributed by atoms with Crippen molar-refractivity contribution >= 4 is 9.84 Å². The van der Waals surface area contributed by atoms with E-state index in [4.69, 9.17) is 28.4 Å². The van der Waals surface area contributed by atoms with E-state index in [-0.39, 0.29) is 95.4 Å². The number of phenolic OH excluding ortho intramolecular Hbond substituents is 2. The molecule has 0 radical (unpaired) electrons. The Balaban J connectivity index is 2.94. The molecular weight excluding hydrogens is 697 g/mol. The first-order chi connectivity index (χ1) is 25.7. The second kappa shape index (κ2) is 26.5. The van der Waals surface area contributed by atoms with E-state index in [9.17, 15) is 10.2 Å². The van der Waals surface area contributed by atoms with Crippen molar-refractivity contribution in [3.05, 3.63) is 12.1 Å². The van der Waals surface area contributed by atoms with Gasteiger partial charge in [0.2, 0.25) is 32.8 Å². The molecule has 0 aromatic heterocycles. The van der Waals surface area contributed by atoms with E-state index in [0.29, 0.717) is 25.7 Å². The fourth-order valence-corrected chi connectivity index (χ4v) is 7.17. The Morgan fingerprint density at radius 2 is 0.642 bits per heavy atom. The maximum absolute atomic E-state index is 15.2. The van der Waals surface area contributed by atoms with Crippen LogP contribution in [0.2, 0.25) is 0 Å². The topological polar surface area (TPSA) is 130 Å². The highest BCUT2D eigenvalue weighted by Gasteiger charge is 2.36. The number of sulfone groups is 1. The standard InChI is InChI=1S/C42H70O10S/c1-7-13-19-25-47-33-31-35(39(49-27-21-15-9-3)41(37(33)43)51-29-23-17-11-5)53(45,46)36-32-34(48-26-20-14-8-2)38(44)42(52-30-24-18-12-6)40(36)50-28-22-16-10-4/h31-32,43-44H,7-30H2,1-6H3. The lowest BCUT2D eigenvalue weighted by molar-refractivity contribution is 0.233. The van der Waals surface area contributed by atoms with E-state index >= 15 is 8.42 Å². The van der Waals surface area contributed by atoms with Crippen LogP contribution in [0.4, 0.5) is 0 Å². The van der Waals surface area contributed by atoms with Crippen molar-refractivity contribution in [1.82, 2.24) is 0 Å². The Hall–Kier alpha value is -3.21. The molecule has 0 unspecified atom stereocenters. The summed E-state index contributed by atoms with van der Waals surface area (Å²) in [6.45, 7) is 14.0. The second-order valence-electron chi connectivity index (χ2n) is 13.6. The molecule has 10 nitrogen and oxygen atoms in total. The molecule has 11 heteroatoms. The van der Waals surface area contributed by atoms with Crippen LogP contribution in [-0.4, -0.2) is 58.3 Å². The molecule has 0 spiro atoms. The molecule has 0 saturated heterocycles. The molecule has 0 saturated carbocycles. The van der Waals surface area contributed by atoms with E-state index in [1.165, 1.54) is 12.1 Å². The minimum absolute atomic E-state index is 0.0117. The Bertz CT molecular complexity index is 1310. The van der Waals surface area contributed by atoms with Gasteiger partial charge in [0.05, 0.1) is 39.6 Å². The average Bonchev–Trinajstić information content (AvgIpc) is 3.15. The molecule has 0 aliphatic heterocycles. The highest BCUT2D eigenvalue weighted by atomic mass is 32.2. The molecule has 0 atom stereocenters. The molecule has 2 aromatic carbocycles. The van der Waals surface area contributed by atoms with Crippen molar-refractivity contribution in [3.63, 3.8) is 0 Å². The largest absolute Gasteiger partial charge is 0.502 e. The summed E-state index contributed by atoms with van der Waals surface area (Å²) in [6, 6.07) is 2.64. The van der Waals surface area contributed by atoms with Gasteiger partial charge >= 0.3 is 0 Å². The maximum atomic E-state index is 15.2. The molecule has 304 valence electrons. The summed E-state index contributed by atoms with van der Waals surface area (Å²) < 4.78 is 67.4. The maximum Gasteiger partial charge on any atom is 0.214 e. The molecular formula is C42H70O10S. The quantitative estimate of drug-likeness (QED) is 0.0694. The zero-order chi connectivity index (χ0) is 38.9. The third kappa shape index (κ3) is 14.9. The van der Waals surface area contributed by atoms with Crippen LogP contribution in [0.25, 0.3) is 0 Å². The summed E-state index contributed by atoms with van der Waals surface area (Å²) in [5, 5.41) is 23.1. The van der Waals surface area contributed by atoms with Gasteiger partial charge in [0.15, 0.2) is 23.0 Å². The summed E-state index contributed by atoms with van der Waals surface area (Å²) >= 11 is 0. The van der Waals surface area contributed by atoms with Crippen LogP contribution in [0.15, 0.2) is 21.9 Å². The molecule has 0 aliphatic carbocycles. The van der Waals surface area contributed by atoms with Crippen LogP contribution in [0.5, 0.6) is 46.0 Å². The fourth-order valence-electron chi connectivity index (χ4n) is 5.62. The number of rotatable bonds is 32. The summed E-state index contributed by atoms with van der Waals surface area (Å²) in [7, 11) is -4.54. The first kappa shape index (κ1) is 45.9. The normalized spacial score (nSPS) is 11.4. The first-order valence-corrected chi connectivity index (χ1v) is 22.0. The van der Waals surface area contributed by atoms with Crippen molar-refractivity contribution in [2.45, 2.75) is 167 Å². The van der Waals surface area contributed by atoms with E-state index in [0.717, 1.165) is 89.9 Å². The Kier molecular flexibility index (Phi) is 23.0.